The van der Waals surface area contributed by atoms with Gasteiger partial charge in [0.1, 0.15) is 23.3 Å². The summed E-state index contributed by atoms with van der Waals surface area (Å²) in [6, 6.07) is 32.2. The summed E-state index contributed by atoms with van der Waals surface area (Å²) in [5, 5.41) is 14.8. The third-order valence-corrected chi connectivity index (χ3v) is 5.38. The van der Waals surface area contributed by atoms with E-state index < -0.39 is 5.09 Å². The molecule has 0 bridgehead atoms. The van der Waals surface area contributed by atoms with Gasteiger partial charge >= 0.3 is 22.4 Å². The van der Waals surface area contributed by atoms with E-state index in [2.05, 4.69) is 54.0 Å². The van der Waals surface area contributed by atoms with Gasteiger partial charge in [-0.3, -0.25) is 0 Å². The topological polar surface area (TPSA) is 124 Å². The maximum atomic E-state index is 8.25. The Hall–Kier alpha value is -4.64. The van der Waals surface area contributed by atoms with E-state index in [-0.39, 0.29) is 22.4 Å². The summed E-state index contributed by atoms with van der Waals surface area (Å²) in [6.45, 7) is 1.30. The third-order valence-electron chi connectivity index (χ3n) is 5.38. The number of nitrogens with zero attached hydrogens (tertiary/aromatic N) is 7. The summed E-state index contributed by atoms with van der Waals surface area (Å²) in [5.41, 5.74) is 2.33. The number of aromatic nitrogens is 4. The molecule has 0 saturated carbocycles. The van der Waals surface area contributed by atoms with Crippen LogP contribution in [0.4, 0.5) is 23.3 Å². The van der Waals surface area contributed by atoms with Gasteiger partial charge < -0.3 is 25.1 Å². The van der Waals surface area contributed by atoms with Gasteiger partial charge in [-0.05, 0) is 59.7 Å². The number of pyridine rings is 4. The van der Waals surface area contributed by atoms with Gasteiger partial charge in [-0.2, -0.15) is 0 Å². The fourth-order valence-corrected chi connectivity index (χ4v) is 3.80. The molecule has 39 heavy (non-hydrogen) atoms. The Bertz CT molecular complexity index is 1230. The van der Waals surface area contributed by atoms with Gasteiger partial charge in [-0.1, -0.05) is 48.5 Å². The van der Waals surface area contributed by atoms with Crippen molar-refractivity contribution in [1.29, 1.82) is 0 Å². The van der Waals surface area contributed by atoms with Crippen LogP contribution in [-0.2, 0) is 35.5 Å². The number of benzene rings is 1. The Morgan fingerprint density at radius 2 is 0.846 bits per heavy atom. The first-order valence-corrected chi connectivity index (χ1v) is 11.7. The Kier molecular flexibility index (Phi) is 11.1. The summed E-state index contributed by atoms with van der Waals surface area (Å²) in [7, 11) is 0. The van der Waals surface area contributed by atoms with Crippen molar-refractivity contribution >= 4 is 23.3 Å². The van der Waals surface area contributed by atoms with Crippen molar-refractivity contribution in [1.82, 2.24) is 19.9 Å². The van der Waals surface area contributed by atoms with E-state index in [1.54, 1.807) is 24.8 Å². The molecule has 0 atom stereocenters. The fourth-order valence-electron chi connectivity index (χ4n) is 3.80. The number of hydrogen-bond donors (Lipinski definition) is 0. The summed E-state index contributed by atoms with van der Waals surface area (Å²) >= 11 is 0. The van der Waals surface area contributed by atoms with Crippen molar-refractivity contribution in [3.8, 4) is 0 Å². The minimum absolute atomic E-state index is 0. The molecule has 0 amide bonds. The molecule has 4 aromatic heterocycles. The third kappa shape index (κ3) is 8.71. The maximum absolute atomic E-state index is 8.25. The van der Waals surface area contributed by atoms with E-state index in [1.807, 2.05) is 72.8 Å². The molecule has 10 nitrogen and oxygen atoms in total. The molecule has 0 unspecified atom stereocenters. The van der Waals surface area contributed by atoms with Crippen LogP contribution in [0.3, 0.4) is 0 Å². The summed E-state index contributed by atoms with van der Waals surface area (Å²) in [6.07, 6.45) is 7.22. The molecule has 0 aliphatic rings. The van der Waals surface area contributed by atoms with Gasteiger partial charge in [0, 0.05) is 24.8 Å². The molecular weight excluding hydrogens is 590 g/mol. The van der Waals surface area contributed by atoms with Gasteiger partial charge in [0.05, 0.1) is 18.2 Å². The minimum Gasteiger partial charge on any atom is -0.356 e. The number of hydrogen-bond acceptors (Lipinski definition) is 9. The van der Waals surface area contributed by atoms with E-state index in [4.69, 9.17) is 15.3 Å². The van der Waals surface area contributed by atoms with Crippen molar-refractivity contribution in [2.75, 3.05) is 9.80 Å². The second-order valence-corrected chi connectivity index (χ2v) is 7.97. The van der Waals surface area contributed by atoms with Crippen molar-refractivity contribution in [3.63, 3.8) is 0 Å². The van der Waals surface area contributed by atoms with Crippen LogP contribution in [0.2, 0.25) is 0 Å². The molecule has 0 aliphatic heterocycles. The molecule has 5 rings (SSSR count). The zero-order valence-corrected chi connectivity index (χ0v) is 22.1. The van der Waals surface area contributed by atoms with E-state index in [1.165, 1.54) is 0 Å². The average Bonchev–Trinajstić information content (AvgIpc) is 2.96. The van der Waals surface area contributed by atoms with Crippen LogP contribution in [0.1, 0.15) is 11.1 Å². The molecule has 11 heteroatoms. The van der Waals surface area contributed by atoms with E-state index in [9.17, 15) is 0 Å². The Morgan fingerprint density at radius 1 is 0.538 bits per heavy atom. The predicted molar refractivity (Wildman–Crippen MR) is 145 cm³/mol. The van der Waals surface area contributed by atoms with Crippen molar-refractivity contribution in [2.24, 2.45) is 0 Å². The van der Waals surface area contributed by atoms with Gasteiger partial charge in [0.25, 0.3) is 0 Å². The average molecular weight is 614 g/mol. The normalized spacial score (nSPS) is 9.85. The predicted octanol–water partition coefficient (Wildman–Crippen LogP) is 5.70. The van der Waals surface area contributed by atoms with E-state index in [0.717, 1.165) is 34.4 Å². The monoisotopic (exact) mass is 613 g/mol. The van der Waals surface area contributed by atoms with Crippen LogP contribution in [0.25, 0.3) is 0 Å². The van der Waals surface area contributed by atoms with E-state index in [0.29, 0.717) is 13.1 Å². The molecule has 0 radical (unpaired) electrons. The first-order valence-electron chi connectivity index (χ1n) is 11.7. The van der Waals surface area contributed by atoms with Crippen LogP contribution in [0, 0.1) is 15.3 Å². The zero-order valence-electron chi connectivity index (χ0n) is 20.6. The van der Waals surface area contributed by atoms with Gasteiger partial charge in [-0.25, -0.2) is 19.9 Å². The first-order chi connectivity index (χ1) is 18.6. The van der Waals surface area contributed by atoms with Crippen LogP contribution < -0.4 is 9.80 Å². The molecule has 0 fully saturated rings. The number of rotatable bonds is 8. The largest absolute Gasteiger partial charge is 1.00 e. The second kappa shape index (κ2) is 14.9. The standard InChI is InChI=1S/C28H24N6.Ag.NO3/c1-5-16-29-25(12-1)33(26-13-2-6-17-30-26)21-23-10-9-11-24(20-23)22-34(27-14-3-7-18-31-27)28-15-4-8-19-32-28;;2-1(3)4/h1-20H,21-22H2;;/q;+1;-1. The maximum Gasteiger partial charge on any atom is 1.00 e. The smallest absolute Gasteiger partial charge is 0.356 e. The second-order valence-electron chi connectivity index (χ2n) is 7.97. The molecule has 200 valence electrons. The van der Waals surface area contributed by atoms with Crippen LogP contribution in [-0.4, -0.2) is 25.0 Å². The van der Waals surface area contributed by atoms with Crippen LogP contribution in [0.5, 0.6) is 0 Å². The molecule has 0 aliphatic carbocycles. The molecule has 5 aromatic rings. The van der Waals surface area contributed by atoms with Gasteiger partial charge in [-0.15, -0.1) is 0 Å². The molecular formula is C28H24AgN7O3. The molecule has 4 heterocycles. The summed E-state index contributed by atoms with van der Waals surface area (Å²) < 4.78 is 0. The Morgan fingerprint density at radius 3 is 1.10 bits per heavy atom. The van der Waals surface area contributed by atoms with Crippen molar-refractivity contribution < 1.29 is 27.5 Å². The molecule has 0 saturated heterocycles. The van der Waals surface area contributed by atoms with Gasteiger partial charge in [0.2, 0.25) is 0 Å². The SMILES string of the molecule is O=[N+]([O-])[O-].[Ag+].c1ccc(N(Cc2cccc(CN(c3ccccn3)c3ccccn3)c2)c2ccccn2)nc1. The Labute approximate surface area is 241 Å². The first kappa shape index (κ1) is 28.9. The quantitative estimate of drug-likeness (QED) is 0.123. The fraction of sp³-hybridized carbons (Fsp3) is 0.0714. The zero-order chi connectivity index (χ0) is 26.6. The van der Waals surface area contributed by atoms with E-state index >= 15 is 0 Å². The molecule has 0 spiro atoms. The Balaban J connectivity index is 0.000000788. The number of anilines is 4. The van der Waals surface area contributed by atoms with Crippen LogP contribution >= 0.6 is 0 Å². The summed E-state index contributed by atoms with van der Waals surface area (Å²) in [5.74, 6) is 3.43. The summed E-state index contributed by atoms with van der Waals surface area (Å²) in [4.78, 5) is 30.7. The van der Waals surface area contributed by atoms with Gasteiger partial charge in [0.15, 0.2) is 0 Å². The minimum atomic E-state index is -1.75. The molecule has 1 aromatic carbocycles. The molecule has 0 N–H and O–H groups in total. The van der Waals surface area contributed by atoms with Crippen LogP contribution in [0.15, 0.2) is 122 Å². The van der Waals surface area contributed by atoms with Crippen molar-refractivity contribution in [2.45, 2.75) is 13.1 Å². The van der Waals surface area contributed by atoms with Crippen molar-refractivity contribution in [3.05, 3.63) is 148 Å².